The fraction of sp³-hybridized carbons (Fsp3) is 0.833. The quantitative estimate of drug-likeness (QED) is 0.0468. The molecule has 0 unspecified atom stereocenters. The number of hydrogen-bond donors (Lipinski definition) is 2. The summed E-state index contributed by atoms with van der Waals surface area (Å²) in [4.78, 5) is 20.4. The van der Waals surface area contributed by atoms with Crippen molar-refractivity contribution in [2.24, 2.45) is 0 Å². The summed E-state index contributed by atoms with van der Waals surface area (Å²) in [6.45, 7) is 4.39. The number of aliphatic hydroxyl groups is 2. The van der Waals surface area contributed by atoms with Crippen molar-refractivity contribution < 1.29 is 49.5 Å². The first-order valence-electron chi connectivity index (χ1n) is 17.4. The zero-order chi connectivity index (χ0) is 31.5. The largest absolute Gasteiger partial charge is 2.00 e. The van der Waals surface area contributed by atoms with E-state index in [1.165, 1.54) is 38.5 Å². The minimum Gasteiger partial charge on any atom is -0.550 e. The summed E-state index contributed by atoms with van der Waals surface area (Å²) < 4.78 is 0. The number of unbranched alkanes of at least 4 members (excludes halogenated alkanes) is 16. The monoisotopic (exact) mass is 658 g/mol. The first-order valence-corrected chi connectivity index (χ1v) is 17.4. The summed E-state index contributed by atoms with van der Waals surface area (Å²) in [6.07, 6.45) is 34.0. The predicted octanol–water partition coefficient (Wildman–Crippen LogP) is 7.49. The maximum absolute atomic E-state index is 10.2. The summed E-state index contributed by atoms with van der Waals surface area (Å²) in [5, 5.41) is 40.0. The Bertz CT molecular complexity index is 583. The Kier molecular flexibility index (Phi) is 42.1. The van der Waals surface area contributed by atoms with E-state index >= 15 is 0 Å². The second kappa shape index (κ2) is 39.0. The molecule has 0 rings (SSSR count). The molecular formula is C36H66O6Zn. The Morgan fingerprint density at radius 1 is 0.512 bits per heavy atom. The normalized spacial score (nSPS) is 12.6. The molecule has 0 aliphatic rings. The topological polar surface area (TPSA) is 121 Å². The van der Waals surface area contributed by atoms with Gasteiger partial charge in [0.05, 0.1) is 12.2 Å². The number of aliphatic hydroxyl groups excluding tert-OH is 2. The average molecular weight is 660 g/mol. The molecule has 0 radical (unpaired) electrons. The third-order valence-electron chi connectivity index (χ3n) is 7.43. The zero-order valence-electron chi connectivity index (χ0n) is 28.1. The van der Waals surface area contributed by atoms with Gasteiger partial charge in [-0.25, -0.2) is 0 Å². The Balaban J connectivity index is -0.000000727. The number of carboxylic acid groups (broad SMARTS) is 2. The van der Waals surface area contributed by atoms with Gasteiger partial charge in [0.1, 0.15) is 0 Å². The van der Waals surface area contributed by atoms with Crippen molar-refractivity contribution >= 4 is 11.9 Å². The maximum Gasteiger partial charge on any atom is 2.00 e. The number of carboxylic acids is 2. The van der Waals surface area contributed by atoms with E-state index in [-0.39, 0.29) is 44.5 Å². The summed E-state index contributed by atoms with van der Waals surface area (Å²) in [6, 6.07) is 0. The molecule has 43 heavy (non-hydrogen) atoms. The third kappa shape index (κ3) is 45.5. The van der Waals surface area contributed by atoms with Gasteiger partial charge in [-0.05, 0) is 77.0 Å². The molecule has 0 aliphatic heterocycles. The molecule has 0 aromatic rings. The van der Waals surface area contributed by atoms with Gasteiger partial charge in [0, 0.05) is 11.9 Å². The number of aliphatic carboxylic acids is 2. The van der Waals surface area contributed by atoms with Gasteiger partial charge in [-0.2, -0.15) is 0 Å². The van der Waals surface area contributed by atoms with E-state index in [1.807, 2.05) is 0 Å². The summed E-state index contributed by atoms with van der Waals surface area (Å²) in [7, 11) is 0. The number of carbonyl (C=O) groups is 2. The Labute approximate surface area is 278 Å². The molecule has 2 atom stereocenters. The van der Waals surface area contributed by atoms with Crippen LogP contribution < -0.4 is 10.2 Å². The Morgan fingerprint density at radius 3 is 1.19 bits per heavy atom. The van der Waals surface area contributed by atoms with Crippen molar-refractivity contribution in [3.05, 3.63) is 24.3 Å². The van der Waals surface area contributed by atoms with Crippen LogP contribution in [0.2, 0.25) is 0 Å². The fourth-order valence-electron chi connectivity index (χ4n) is 4.72. The molecule has 7 heteroatoms. The van der Waals surface area contributed by atoms with Crippen LogP contribution in [0.25, 0.3) is 0 Å². The van der Waals surface area contributed by atoms with Gasteiger partial charge in [0.15, 0.2) is 0 Å². The van der Waals surface area contributed by atoms with Gasteiger partial charge >= 0.3 is 19.5 Å². The molecule has 0 aromatic carbocycles. The molecule has 2 N–H and O–H groups in total. The molecule has 0 spiro atoms. The number of allylic oxidation sites excluding steroid dienone is 2. The van der Waals surface area contributed by atoms with Gasteiger partial charge in [0.25, 0.3) is 0 Å². The van der Waals surface area contributed by atoms with Crippen molar-refractivity contribution in [1.29, 1.82) is 0 Å². The van der Waals surface area contributed by atoms with E-state index < -0.39 is 11.9 Å². The molecule has 6 nitrogen and oxygen atoms in total. The van der Waals surface area contributed by atoms with Crippen LogP contribution in [-0.2, 0) is 29.1 Å². The Morgan fingerprint density at radius 2 is 0.837 bits per heavy atom. The third-order valence-corrected chi connectivity index (χ3v) is 7.43. The van der Waals surface area contributed by atoms with E-state index in [0.29, 0.717) is 0 Å². The number of hydrogen-bond acceptors (Lipinski definition) is 6. The van der Waals surface area contributed by atoms with Crippen LogP contribution in [0.1, 0.15) is 181 Å². The molecule has 0 heterocycles. The van der Waals surface area contributed by atoms with Crippen LogP contribution in [0.15, 0.2) is 24.3 Å². The van der Waals surface area contributed by atoms with Gasteiger partial charge in [-0.3, -0.25) is 0 Å². The molecule has 0 saturated heterocycles. The van der Waals surface area contributed by atoms with E-state index in [1.54, 1.807) is 0 Å². The number of carbonyl (C=O) groups excluding carboxylic acids is 2. The molecule has 0 fully saturated rings. The summed E-state index contributed by atoms with van der Waals surface area (Å²) in [5.74, 6) is -1.88. The zero-order valence-corrected chi connectivity index (χ0v) is 31.1. The van der Waals surface area contributed by atoms with Crippen LogP contribution in [0.3, 0.4) is 0 Å². The molecule has 0 amide bonds. The van der Waals surface area contributed by atoms with Crippen molar-refractivity contribution in [2.45, 2.75) is 193 Å². The predicted molar refractivity (Wildman–Crippen MR) is 172 cm³/mol. The van der Waals surface area contributed by atoms with E-state index in [2.05, 4.69) is 38.2 Å². The van der Waals surface area contributed by atoms with Crippen molar-refractivity contribution in [1.82, 2.24) is 0 Å². The Hall–Kier alpha value is -1.04. The average Bonchev–Trinajstić information content (AvgIpc) is 2.95. The second-order valence-corrected chi connectivity index (χ2v) is 11.8. The van der Waals surface area contributed by atoms with Gasteiger partial charge in [0.2, 0.25) is 0 Å². The van der Waals surface area contributed by atoms with Crippen LogP contribution in [0.4, 0.5) is 0 Å². The molecule has 0 aliphatic carbocycles. The van der Waals surface area contributed by atoms with Gasteiger partial charge in [-0.1, -0.05) is 128 Å². The summed E-state index contributed by atoms with van der Waals surface area (Å²) >= 11 is 0. The van der Waals surface area contributed by atoms with Crippen molar-refractivity contribution in [3.8, 4) is 0 Å². The first-order chi connectivity index (χ1) is 20.3. The van der Waals surface area contributed by atoms with Crippen molar-refractivity contribution in [3.63, 3.8) is 0 Å². The number of rotatable bonds is 30. The van der Waals surface area contributed by atoms with Crippen molar-refractivity contribution in [2.75, 3.05) is 0 Å². The van der Waals surface area contributed by atoms with Crippen LogP contribution in [0.5, 0.6) is 0 Å². The molecule has 248 valence electrons. The summed E-state index contributed by atoms with van der Waals surface area (Å²) in [5.41, 5.74) is 0. The fourth-order valence-corrected chi connectivity index (χ4v) is 4.72. The molecule has 0 aromatic heterocycles. The molecule has 0 bridgehead atoms. The van der Waals surface area contributed by atoms with Crippen LogP contribution in [0, 0.1) is 0 Å². The van der Waals surface area contributed by atoms with E-state index in [4.69, 9.17) is 0 Å². The van der Waals surface area contributed by atoms with Gasteiger partial charge < -0.3 is 30.0 Å². The maximum atomic E-state index is 10.2. The standard InChI is InChI=1S/2C18H34O3.Zn/c2*1-2-3-4-11-14-17(19)15-12-9-7-5-6-8-10-13-16-18(20)21;/h2*9,12,17,19H,2-8,10-11,13-16H2,1H3,(H,20,21);/q;;+2/p-2/b2*12-9-;/t2*17-;/m11./s1. The van der Waals surface area contributed by atoms with Gasteiger partial charge in [-0.15, -0.1) is 0 Å². The smallest absolute Gasteiger partial charge is 0.550 e. The SMILES string of the molecule is CCCCCC[C@@H](O)C/C=C\CCCCCCCC(=O)[O-].CCCCCC[C@@H](O)C/C=C\CCCCCCCC(=O)[O-].[Zn+2]. The van der Waals surface area contributed by atoms with Crippen LogP contribution >= 0.6 is 0 Å². The van der Waals surface area contributed by atoms with Crippen LogP contribution in [-0.4, -0.2) is 34.4 Å². The minimum absolute atomic E-state index is 0. The van der Waals surface area contributed by atoms with E-state index in [0.717, 1.165) is 116 Å². The molecular weight excluding hydrogens is 594 g/mol. The molecule has 0 saturated carbocycles. The minimum atomic E-state index is -0.939. The second-order valence-electron chi connectivity index (χ2n) is 11.8. The van der Waals surface area contributed by atoms with E-state index in [9.17, 15) is 30.0 Å². The first kappa shape index (κ1) is 46.4.